The lowest BCUT2D eigenvalue weighted by molar-refractivity contribution is -0.147. The fourth-order valence-electron chi connectivity index (χ4n) is 2.88. The molecule has 0 aromatic carbocycles. The number of unbranched alkanes of at least 4 members (excludes halogenated alkanes) is 10. The van der Waals surface area contributed by atoms with E-state index >= 15 is 0 Å². The monoisotopic (exact) mass is 296 g/mol. The number of carbonyl (C=O) groups excluding carboxylic acids is 2. The minimum atomic E-state index is -0.430. The van der Waals surface area contributed by atoms with E-state index in [9.17, 15) is 9.59 Å². The molecule has 1 aliphatic heterocycles. The number of ether oxygens (including phenoxy) is 1. The first-order valence-electron chi connectivity index (χ1n) is 8.96. The van der Waals surface area contributed by atoms with Crippen molar-refractivity contribution in [2.75, 3.05) is 0 Å². The third kappa shape index (κ3) is 8.90. The number of hydrogen-bond acceptors (Lipinski definition) is 3. The van der Waals surface area contributed by atoms with Crippen LogP contribution < -0.4 is 0 Å². The molecule has 21 heavy (non-hydrogen) atoms. The van der Waals surface area contributed by atoms with Gasteiger partial charge in [0.25, 0.3) is 0 Å². The number of cyclic esters (lactones) is 1. The van der Waals surface area contributed by atoms with Crippen molar-refractivity contribution >= 4 is 11.8 Å². The Morgan fingerprint density at radius 1 is 0.952 bits per heavy atom. The van der Waals surface area contributed by atoms with Crippen molar-refractivity contribution in [3.63, 3.8) is 0 Å². The summed E-state index contributed by atoms with van der Waals surface area (Å²) in [5.41, 5.74) is 0. The maximum atomic E-state index is 11.8. The lowest BCUT2D eigenvalue weighted by atomic mass is 10.0. The molecule has 1 atom stereocenters. The smallest absolute Gasteiger partial charge is 0.306 e. The molecule has 0 spiro atoms. The van der Waals surface area contributed by atoms with Gasteiger partial charge in [-0.2, -0.15) is 0 Å². The van der Waals surface area contributed by atoms with Crippen LogP contribution in [0.3, 0.4) is 0 Å². The van der Waals surface area contributed by atoms with E-state index in [1.54, 1.807) is 0 Å². The highest BCUT2D eigenvalue weighted by molar-refractivity contribution is 5.87. The molecule has 122 valence electrons. The average molecular weight is 296 g/mol. The Bertz CT molecular complexity index is 299. The molecule has 1 fully saturated rings. The first-order chi connectivity index (χ1) is 10.2. The Morgan fingerprint density at radius 2 is 1.48 bits per heavy atom. The van der Waals surface area contributed by atoms with Crippen LogP contribution in [0, 0.1) is 0 Å². The highest BCUT2D eigenvalue weighted by Gasteiger charge is 2.28. The number of esters is 1. The summed E-state index contributed by atoms with van der Waals surface area (Å²) in [6.45, 7) is 2.25. The Kier molecular flexibility index (Phi) is 10.2. The van der Waals surface area contributed by atoms with Crippen molar-refractivity contribution in [1.82, 2.24) is 0 Å². The van der Waals surface area contributed by atoms with E-state index in [2.05, 4.69) is 6.92 Å². The summed E-state index contributed by atoms with van der Waals surface area (Å²) in [6, 6.07) is 0. The molecule has 0 amide bonds. The standard InChI is InChI=1S/C18H32O3/c1-2-3-4-5-6-7-8-9-10-11-12-13-16(19)17-14-15-18(20)21-17/h17H,2-15H2,1H3/t17-/m0/s1. The Labute approximate surface area is 129 Å². The zero-order valence-corrected chi connectivity index (χ0v) is 13.7. The van der Waals surface area contributed by atoms with Crippen LogP contribution in [0.5, 0.6) is 0 Å². The first-order valence-corrected chi connectivity index (χ1v) is 8.96. The van der Waals surface area contributed by atoms with Gasteiger partial charge in [0.2, 0.25) is 0 Å². The molecule has 0 aromatic heterocycles. The van der Waals surface area contributed by atoms with E-state index in [1.165, 1.54) is 57.8 Å². The summed E-state index contributed by atoms with van der Waals surface area (Å²) < 4.78 is 4.99. The molecule has 0 radical (unpaired) electrons. The molecule has 0 N–H and O–H groups in total. The molecule has 1 heterocycles. The molecule has 1 rings (SSSR count). The zero-order chi connectivity index (χ0) is 15.3. The van der Waals surface area contributed by atoms with Crippen molar-refractivity contribution in [3.8, 4) is 0 Å². The summed E-state index contributed by atoms with van der Waals surface area (Å²) in [5.74, 6) is -0.0935. The molecule has 3 nitrogen and oxygen atoms in total. The molecule has 0 bridgehead atoms. The fourth-order valence-corrected chi connectivity index (χ4v) is 2.88. The summed E-state index contributed by atoms with van der Waals surface area (Å²) in [4.78, 5) is 22.7. The minimum absolute atomic E-state index is 0.122. The fraction of sp³-hybridized carbons (Fsp3) is 0.889. The van der Waals surface area contributed by atoms with Gasteiger partial charge in [0.1, 0.15) is 0 Å². The van der Waals surface area contributed by atoms with Crippen LogP contribution in [-0.2, 0) is 14.3 Å². The van der Waals surface area contributed by atoms with Crippen LogP contribution in [-0.4, -0.2) is 17.9 Å². The van der Waals surface area contributed by atoms with Crippen molar-refractivity contribution in [2.45, 2.75) is 103 Å². The largest absolute Gasteiger partial charge is 0.454 e. The molecule has 1 aliphatic rings. The Balaban J connectivity index is 1.82. The predicted molar refractivity (Wildman–Crippen MR) is 85.2 cm³/mol. The van der Waals surface area contributed by atoms with Crippen molar-refractivity contribution < 1.29 is 14.3 Å². The molecular weight excluding hydrogens is 264 g/mol. The average Bonchev–Trinajstić information content (AvgIpc) is 2.91. The quantitative estimate of drug-likeness (QED) is 0.356. The topological polar surface area (TPSA) is 43.4 Å². The van der Waals surface area contributed by atoms with Crippen LogP contribution in [0.15, 0.2) is 0 Å². The van der Waals surface area contributed by atoms with Gasteiger partial charge in [0.05, 0.1) is 0 Å². The summed E-state index contributed by atoms with van der Waals surface area (Å²) in [7, 11) is 0. The van der Waals surface area contributed by atoms with Gasteiger partial charge < -0.3 is 4.74 Å². The maximum Gasteiger partial charge on any atom is 0.306 e. The lowest BCUT2D eigenvalue weighted by Crippen LogP contribution is -2.19. The van der Waals surface area contributed by atoms with E-state index in [1.807, 2.05) is 0 Å². The van der Waals surface area contributed by atoms with Gasteiger partial charge in [-0.1, -0.05) is 71.1 Å². The van der Waals surface area contributed by atoms with E-state index in [-0.39, 0.29) is 11.8 Å². The minimum Gasteiger partial charge on any atom is -0.454 e. The van der Waals surface area contributed by atoms with Crippen LogP contribution in [0.2, 0.25) is 0 Å². The summed E-state index contributed by atoms with van der Waals surface area (Å²) in [6.07, 6.45) is 15.3. The second-order valence-electron chi connectivity index (χ2n) is 6.27. The molecule has 3 heteroatoms. The van der Waals surface area contributed by atoms with E-state index < -0.39 is 6.10 Å². The van der Waals surface area contributed by atoms with Crippen LogP contribution in [0.1, 0.15) is 96.8 Å². The summed E-state index contributed by atoms with van der Waals surface area (Å²) in [5, 5.41) is 0. The van der Waals surface area contributed by atoms with Crippen LogP contribution in [0.4, 0.5) is 0 Å². The van der Waals surface area contributed by atoms with Gasteiger partial charge in [0, 0.05) is 19.3 Å². The third-order valence-corrected chi connectivity index (χ3v) is 4.27. The summed E-state index contributed by atoms with van der Waals surface area (Å²) >= 11 is 0. The highest BCUT2D eigenvalue weighted by atomic mass is 16.6. The molecule has 0 aromatic rings. The third-order valence-electron chi connectivity index (χ3n) is 4.27. The van der Waals surface area contributed by atoms with Gasteiger partial charge in [-0.25, -0.2) is 0 Å². The zero-order valence-electron chi connectivity index (χ0n) is 13.7. The van der Waals surface area contributed by atoms with Crippen LogP contribution in [0.25, 0.3) is 0 Å². The van der Waals surface area contributed by atoms with Gasteiger partial charge in [-0.3, -0.25) is 9.59 Å². The SMILES string of the molecule is CCCCCCCCCCCCCC(=O)[C@@H]1CCC(=O)O1. The van der Waals surface area contributed by atoms with Crippen molar-refractivity contribution in [1.29, 1.82) is 0 Å². The molecular formula is C18H32O3. The second kappa shape index (κ2) is 11.8. The van der Waals surface area contributed by atoms with E-state index in [0.717, 1.165) is 12.8 Å². The first kappa shape index (κ1) is 18.2. The van der Waals surface area contributed by atoms with Gasteiger partial charge in [-0.05, 0) is 6.42 Å². The van der Waals surface area contributed by atoms with E-state index in [0.29, 0.717) is 19.3 Å². The van der Waals surface area contributed by atoms with Crippen molar-refractivity contribution in [3.05, 3.63) is 0 Å². The molecule has 1 saturated heterocycles. The molecule has 0 saturated carbocycles. The number of carbonyl (C=O) groups is 2. The Hall–Kier alpha value is -0.860. The van der Waals surface area contributed by atoms with Crippen LogP contribution >= 0.6 is 0 Å². The predicted octanol–water partition coefficient (Wildman–Crippen LogP) is 4.96. The Morgan fingerprint density at radius 3 is 1.95 bits per heavy atom. The number of ketones is 1. The maximum absolute atomic E-state index is 11.8. The number of Topliss-reactive ketones (excluding diaryl/α,β-unsaturated/α-hetero) is 1. The van der Waals surface area contributed by atoms with Gasteiger partial charge >= 0.3 is 5.97 Å². The number of rotatable bonds is 13. The van der Waals surface area contributed by atoms with Gasteiger partial charge in [0.15, 0.2) is 11.9 Å². The van der Waals surface area contributed by atoms with Crippen molar-refractivity contribution in [2.24, 2.45) is 0 Å². The molecule has 0 aliphatic carbocycles. The lowest BCUT2D eigenvalue weighted by Gasteiger charge is -2.07. The molecule has 0 unspecified atom stereocenters. The highest BCUT2D eigenvalue weighted by Crippen LogP contribution is 2.18. The van der Waals surface area contributed by atoms with Gasteiger partial charge in [-0.15, -0.1) is 0 Å². The normalized spacial score (nSPS) is 18.0. The van der Waals surface area contributed by atoms with E-state index in [4.69, 9.17) is 4.74 Å². The number of hydrogen-bond donors (Lipinski definition) is 0. The second-order valence-corrected chi connectivity index (χ2v) is 6.27.